The van der Waals surface area contributed by atoms with Crippen molar-refractivity contribution in [3.63, 3.8) is 0 Å². The monoisotopic (exact) mass is 462 g/mol. The molecular formula is C32H32NS+. The van der Waals surface area contributed by atoms with Crippen LogP contribution >= 0.6 is 11.8 Å². The molecule has 0 bridgehead atoms. The van der Waals surface area contributed by atoms with E-state index >= 15 is 0 Å². The maximum Gasteiger partial charge on any atom is 0.222 e. The van der Waals surface area contributed by atoms with Gasteiger partial charge in [-0.3, -0.25) is 0 Å². The SMILES string of the molecule is Cc1cc(C)c2cc3c(c(C)c2c1)-c1c2c(c4ccc(CC(C)(C)C)cc4cc2cc[n+]1C)S3. The molecule has 4 aromatic carbocycles. The van der Waals surface area contributed by atoms with Crippen molar-refractivity contribution in [2.24, 2.45) is 12.5 Å². The lowest BCUT2D eigenvalue weighted by Gasteiger charge is -2.23. The average molecular weight is 463 g/mol. The largest absolute Gasteiger partial charge is 0.222 e. The molecule has 1 aliphatic heterocycles. The fourth-order valence-electron chi connectivity index (χ4n) is 5.88. The van der Waals surface area contributed by atoms with Gasteiger partial charge in [-0.05, 0) is 88.4 Å². The first kappa shape index (κ1) is 21.7. The highest BCUT2D eigenvalue weighted by atomic mass is 32.2. The quantitative estimate of drug-likeness (QED) is 0.175. The molecule has 0 amide bonds. The minimum absolute atomic E-state index is 0.280. The zero-order valence-electron chi connectivity index (χ0n) is 21.3. The number of aromatic nitrogens is 1. The standard InChI is InChI=1S/C32H32NS/c1-18-12-19(2)25-16-27-28(20(3)26(25)13-18)30-29-22(10-11-33(30)7)15-23-14-21(17-32(4,5)6)8-9-24(23)31(29)34-27/h8-16H,17H2,1-7H3/q+1. The minimum Gasteiger partial charge on any atom is -0.200 e. The van der Waals surface area contributed by atoms with Crippen LogP contribution in [0.2, 0.25) is 0 Å². The van der Waals surface area contributed by atoms with Crippen LogP contribution in [-0.2, 0) is 13.5 Å². The van der Waals surface area contributed by atoms with Crippen LogP contribution in [0.3, 0.4) is 0 Å². The Labute approximate surface area is 206 Å². The van der Waals surface area contributed by atoms with E-state index in [1.165, 1.54) is 75.6 Å². The minimum atomic E-state index is 0.280. The van der Waals surface area contributed by atoms with Crippen molar-refractivity contribution in [2.75, 3.05) is 0 Å². The summed E-state index contributed by atoms with van der Waals surface area (Å²) in [4.78, 5) is 2.77. The Morgan fingerprint density at radius 1 is 0.824 bits per heavy atom. The van der Waals surface area contributed by atoms with E-state index in [0.29, 0.717) is 0 Å². The fourth-order valence-corrected chi connectivity index (χ4v) is 7.24. The molecule has 0 saturated carbocycles. The van der Waals surface area contributed by atoms with Crippen LogP contribution in [0.15, 0.2) is 64.5 Å². The third-order valence-electron chi connectivity index (χ3n) is 7.27. The summed E-state index contributed by atoms with van der Waals surface area (Å²) in [5, 5.41) is 8.20. The highest BCUT2D eigenvalue weighted by Gasteiger charge is 2.30. The van der Waals surface area contributed by atoms with E-state index in [1.807, 2.05) is 11.8 Å². The molecule has 0 N–H and O–H groups in total. The number of pyridine rings is 1. The molecule has 0 spiro atoms. The zero-order chi connectivity index (χ0) is 23.9. The van der Waals surface area contributed by atoms with Crippen molar-refractivity contribution in [2.45, 2.75) is 57.8 Å². The van der Waals surface area contributed by atoms with Gasteiger partial charge in [-0.25, -0.2) is 4.57 Å². The summed E-state index contributed by atoms with van der Waals surface area (Å²) >= 11 is 1.96. The van der Waals surface area contributed by atoms with Gasteiger partial charge in [-0.1, -0.05) is 68.4 Å². The van der Waals surface area contributed by atoms with Gasteiger partial charge >= 0.3 is 0 Å². The second-order valence-electron chi connectivity index (χ2n) is 11.4. The summed E-state index contributed by atoms with van der Waals surface area (Å²) in [7, 11) is 2.19. The number of hydrogen-bond donors (Lipinski definition) is 0. The predicted octanol–water partition coefficient (Wildman–Crippen LogP) is 8.62. The van der Waals surface area contributed by atoms with Crippen LogP contribution in [-0.4, -0.2) is 0 Å². The van der Waals surface area contributed by atoms with Crippen LogP contribution < -0.4 is 4.57 Å². The molecule has 5 aromatic rings. The number of hydrogen-bond acceptors (Lipinski definition) is 1. The summed E-state index contributed by atoms with van der Waals surface area (Å²) in [6, 6.07) is 18.9. The Kier molecular flexibility index (Phi) is 4.67. The number of benzene rings is 4. The van der Waals surface area contributed by atoms with Crippen molar-refractivity contribution >= 4 is 44.1 Å². The molecule has 170 valence electrons. The van der Waals surface area contributed by atoms with Crippen molar-refractivity contribution in [3.05, 3.63) is 77.0 Å². The second kappa shape index (κ2) is 7.33. The van der Waals surface area contributed by atoms with E-state index in [9.17, 15) is 0 Å². The van der Waals surface area contributed by atoms with Crippen LogP contribution in [0.4, 0.5) is 0 Å². The number of fused-ring (bicyclic) bond motifs is 5. The van der Waals surface area contributed by atoms with Gasteiger partial charge in [0.05, 0.1) is 10.9 Å². The van der Waals surface area contributed by atoms with E-state index in [1.54, 1.807) is 0 Å². The van der Waals surface area contributed by atoms with Crippen LogP contribution in [0, 0.1) is 26.2 Å². The predicted molar refractivity (Wildman–Crippen MR) is 147 cm³/mol. The number of rotatable bonds is 1. The lowest BCUT2D eigenvalue weighted by molar-refractivity contribution is -0.659. The van der Waals surface area contributed by atoms with E-state index in [2.05, 4.69) is 108 Å². The second-order valence-corrected chi connectivity index (χ2v) is 12.4. The van der Waals surface area contributed by atoms with Crippen molar-refractivity contribution in [1.82, 2.24) is 0 Å². The first-order chi connectivity index (χ1) is 16.1. The molecule has 0 aliphatic carbocycles. The van der Waals surface area contributed by atoms with E-state index in [0.717, 1.165) is 6.42 Å². The number of aryl methyl sites for hydroxylation is 4. The van der Waals surface area contributed by atoms with Crippen molar-refractivity contribution < 1.29 is 4.57 Å². The van der Waals surface area contributed by atoms with Gasteiger partial charge in [0.2, 0.25) is 5.69 Å². The average Bonchev–Trinajstić information content (AvgIpc) is 2.75. The topological polar surface area (TPSA) is 3.88 Å². The third-order valence-corrected chi connectivity index (χ3v) is 8.44. The first-order valence-electron chi connectivity index (χ1n) is 12.2. The molecule has 0 atom stereocenters. The van der Waals surface area contributed by atoms with E-state index < -0.39 is 0 Å². The van der Waals surface area contributed by atoms with Gasteiger partial charge < -0.3 is 0 Å². The molecule has 34 heavy (non-hydrogen) atoms. The van der Waals surface area contributed by atoms with Crippen LogP contribution in [0.25, 0.3) is 43.6 Å². The molecule has 6 rings (SSSR count). The van der Waals surface area contributed by atoms with Gasteiger partial charge in [0, 0.05) is 15.9 Å². The van der Waals surface area contributed by atoms with Gasteiger partial charge in [-0.15, -0.1) is 0 Å². The molecule has 0 radical (unpaired) electrons. The van der Waals surface area contributed by atoms with E-state index in [-0.39, 0.29) is 5.41 Å². The van der Waals surface area contributed by atoms with Crippen LogP contribution in [0.1, 0.15) is 43.0 Å². The van der Waals surface area contributed by atoms with Gasteiger partial charge in [-0.2, -0.15) is 0 Å². The first-order valence-corrected chi connectivity index (χ1v) is 13.0. The van der Waals surface area contributed by atoms with Gasteiger partial charge in [0.25, 0.3) is 0 Å². The zero-order valence-corrected chi connectivity index (χ0v) is 22.1. The number of nitrogens with zero attached hydrogens (tertiary/aromatic N) is 1. The maximum atomic E-state index is 2.44. The van der Waals surface area contributed by atoms with Crippen LogP contribution in [0.5, 0.6) is 0 Å². The highest BCUT2D eigenvalue weighted by Crippen LogP contribution is 2.52. The van der Waals surface area contributed by atoms with Gasteiger partial charge in [0.1, 0.15) is 7.05 Å². The fraction of sp³-hybridized carbons (Fsp3) is 0.281. The lowest BCUT2D eigenvalue weighted by Crippen LogP contribution is -2.31. The maximum absolute atomic E-state index is 2.44. The Morgan fingerprint density at radius 3 is 2.38 bits per heavy atom. The summed E-state index contributed by atoms with van der Waals surface area (Å²) in [6.45, 7) is 13.7. The normalized spacial score (nSPS) is 13.1. The molecule has 0 unspecified atom stereocenters. The molecule has 2 heteroatoms. The Hall–Kier alpha value is -2.84. The Balaban J connectivity index is 1.70. The summed E-state index contributed by atoms with van der Waals surface area (Å²) < 4.78 is 2.33. The van der Waals surface area contributed by atoms with Crippen molar-refractivity contribution in [3.8, 4) is 11.3 Å². The molecule has 0 saturated heterocycles. The van der Waals surface area contributed by atoms with Gasteiger partial charge in [0.15, 0.2) is 6.20 Å². The Bertz CT molecular complexity index is 1670. The Morgan fingerprint density at radius 2 is 1.62 bits per heavy atom. The molecule has 1 aromatic heterocycles. The third kappa shape index (κ3) is 3.26. The summed E-state index contributed by atoms with van der Waals surface area (Å²) in [5.74, 6) is 0. The summed E-state index contributed by atoms with van der Waals surface area (Å²) in [5.41, 5.74) is 8.52. The molecule has 1 aliphatic rings. The molecule has 2 heterocycles. The van der Waals surface area contributed by atoms with E-state index in [4.69, 9.17) is 0 Å². The summed E-state index contributed by atoms with van der Waals surface area (Å²) in [6.07, 6.45) is 3.32. The highest BCUT2D eigenvalue weighted by molar-refractivity contribution is 8.00. The smallest absolute Gasteiger partial charge is 0.200 e. The molecular weight excluding hydrogens is 430 g/mol. The van der Waals surface area contributed by atoms with Crippen molar-refractivity contribution in [1.29, 1.82) is 0 Å². The lowest BCUT2D eigenvalue weighted by atomic mass is 9.87. The molecule has 1 nitrogen and oxygen atoms in total. The molecule has 0 fully saturated rings.